The first-order chi connectivity index (χ1) is 35.6. The number of nitro groups is 1. The number of ketones is 5. The molecule has 26 heteroatoms. The van der Waals surface area contributed by atoms with Gasteiger partial charge in [0.2, 0.25) is 23.1 Å². The third-order valence-electron chi connectivity index (χ3n) is 8.71. The van der Waals surface area contributed by atoms with Crippen LogP contribution in [0, 0.1) is 10.1 Å². The van der Waals surface area contributed by atoms with Crippen molar-refractivity contribution in [2.24, 2.45) is 0 Å². The molecular formula is C50H54N2O23S. The van der Waals surface area contributed by atoms with Crippen LogP contribution in [0.15, 0.2) is 113 Å². The lowest BCUT2D eigenvalue weighted by molar-refractivity contribution is -0.385. The molecule has 5 aromatic rings. The van der Waals surface area contributed by atoms with E-state index in [0.29, 0.717) is 18.6 Å². The molecule has 0 atom stereocenters. The van der Waals surface area contributed by atoms with Crippen LogP contribution in [0.3, 0.4) is 0 Å². The number of nitrogens with zero attached hydrogens (tertiary/aromatic N) is 1. The maximum Gasteiger partial charge on any atom is 0.380 e. The Morgan fingerprint density at radius 3 is 1.50 bits per heavy atom. The number of Topliss-reactive ketones (excluding diaryl/α,β-unsaturated/α-hetero) is 5. The number of H-pyrrole nitrogens is 1. The largest absolute Gasteiger partial charge is 0.478 e. The van der Waals surface area contributed by atoms with Crippen molar-refractivity contribution in [1.82, 2.24) is 4.98 Å². The van der Waals surface area contributed by atoms with E-state index in [1.165, 1.54) is 55.8 Å². The molecule has 408 valence electrons. The number of carbonyl (C=O) groups is 12. The number of para-hydroxylation sites is 2. The number of carboxylic acid groups (broad SMARTS) is 7. The number of unbranched alkanes of at least 4 members (excludes halogenated alkanes) is 3. The molecule has 2 aromatic carbocycles. The smallest absolute Gasteiger partial charge is 0.380 e. The highest BCUT2D eigenvalue weighted by Crippen LogP contribution is 2.19. The fourth-order valence-electron chi connectivity index (χ4n) is 4.93. The normalized spacial score (nSPS) is 9.41. The number of aromatic amines is 1. The van der Waals surface area contributed by atoms with Crippen LogP contribution in [0.5, 0.6) is 0 Å². The Morgan fingerprint density at radius 2 is 1.07 bits per heavy atom. The van der Waals surface area contributed by atoms with Gasteiger partial charge in [-0.2, -0.15) is 0 Å². The summed E-state index contributed by atoms with van der Waals surface area (Å²) in [7, 11) is 0. The Bertz CT molecular complexity index is 2790. The summed E-state index contributed by atoms with van der Waals surface area (Å²) in [6, 6.07) is 19.2. The number of hydrogen-bond acceptors (Lipinski definition) is 17. The summed E-state index contributed by atoms with van der Waals surface area (Å²) in [5.41, 5.74) is 1.67. The highest BCUT2D eigenvalue weighted by Gasteiger charge is 2.20. The second-order valence-corrected chi connectivity index (χ2v) is 15.2. The van der Waals surface area contributed by atoms with Crippen molar-refractivity contribution in [3.8, 4) is 0 Å². The number of rotatable bonds is 22. The van der Waals surface area contributed by atoms with Gasteiger partial charge in [0.15, 0.2) is 5.76 Å². The second kappa shape index (κ2) is 38.1. The Kier molecular flexibility index (Phi) is 34.3. The first-order valence-electron chi connectivity index (χ1n) is 21.9. The number of aliphatic carboxylic acids is 7. The van der Waals surface area contributed by atoms with Crippen LogP contribution in [0.1, 0.15) is 93.2 Å². The molecule has 3 aromatic heterocycles. The summed E-state index contributed by atoms with van der Waals surface area (Å²) >= 11 is 4.57. The molecule has 0 fully saturated rings. The molecule has 0 unspecified atom stereocenters. The number of hydrogen-bond donors (Lipinski definition) is 8. The number of fused-ring (bicyclic) bond motifs is 1. The predicted octanol–water partition coefficient (Wildman–Crippen LogP) is 6.68. The van der Waals surface area contributed by atoms with Crippen LogP contribution in [-0.2, 0) is 72.0 Å². The van der Waals surface area contributed by atoms with Crippen LogP contribution >= 0.6 is 12.2 Å². The lowest BCUT2D eigenvalue weighted by atomic mass is 10.1. The number of aromatic nitrogens is 1. The van der Waals surface area contributed by atoms with Gasteiger partial charge >= 0.3 is 47.6 Å². The van der Waals surface area contributed by atoms with Crippen molar-refractivity contribution in [3.63, 3.8) is 0 Å². The van der Waals surface area contributed by atoms with Crippen LogP contribution in [0.25, 0.3) is 10.9 Å². The Morgan fingerprint density at radius 1 is 0.566 bits per heavy atom. The standard InChI is InChI=1S/C11H9NO3.C9H7NO5.C8H14O3.C7H6O3S.C6H4O4.C5H8O3.C4H6O2/c13-10(11(14)15)5-7-6-12-9-4-2-1-3-8(7)9;11-8(9(12)13)5-6-3-1-2-4-7(6)10(14)15;1-2-3-4-5-6-7(9)8(10)11;8-7(9)6(11)4-5-2-1-3-10-5;7-5(6(8)9)4-2-1-3-10-4;1-2-3-4(6)5(7)8;1-3(2)4(5)6/h1-4,6,12H,5H2,(H,14,15);1-4H,5H2,(H,12,13);2-6H2,1H3,(H,10,11);1-3H,4H2,(H,8,9);1-3H,(H,8,9);2-3H2,1H3,(H,7,8);1H2,2H3,(H,5,6). The zero-order valence-corrected chi connectivity index (χ0v) is 41.8. The summed E-state index contributed by atoms with van der Waals surface area (Å²) in [4.78, 5) is 136. The van der Waals surface area contributed by atoms with E-state index in [0.717, 1.165) is 35.7 Å². The number of nitrogens with one attached hydrogen (secondary N) is 1. The molecule has 0 saturated heterocycles. The molecule has 0 aliphatic carbocycles. The van der Waals surface area contributed by atoms with Crippen LogP contribution < -0.4 is 0 Å². The van der Waals surface area contributed by atoms with Crippen molar-refractivity contribution < 1.29 is 107 Å². The molecule has 0 aliphatic rings. The molecule has 0 aliphatic heterocycles. The van der Waals surface area contributed by atoms with Crippen LogP contribution in [0.4, 0.5) is 5.69 Å². The summed E-state index contributed by atoms with van der Waals surface area (Å²) in [6.45, 7) is 8.44. The van der Waals surface area contributed by atoms with Gasteiger partial charge < -0.3 is 49.6 Å². The van der Waals surface area contributed by atoms with E-state index in [4.69, 9.17) is 40.2 Å². The third kappa shape index (κ3) is 30.3. The fourth-order valence-corrected chi connectivity index (χ4v) is 5.07. The van der Waals surface area contributed by atoms with Crippen LogP contribution in [0.2, 0.25) is 0 Å². The number of nitro benzene ring substituents is 1. The summed E-state index contributed by atoms with van der Waals surface area (Å²) in [5, 5.41) is 68.8. The molecule has 0 spiro atoms. The van der Waals surface area contributed by atoms with Gasteiger partial charge in [0.05, 0.1) is 17.4 Å². The zero-order valence-electron chi connectivity index (χ0n) is 41.0. The van der Waals surface area contributed by atoms with Gasteiger partial charge in [-0.15, -0.1) is 0 Å². The fraction of sp³-hybridized carbons (Fsp3) is 0.260. The van der Waals surface area contributed by atoms with Crippen LogP contribution in [-0.4, -0.2) is 121 Å². The van der Waals surface area contributed by atoms with E-state index in [2.05, 4.69) is 35.1 Å². The minimum Gasteiger partial charge on any atom is -0.478 e. The van der Waals surface area contributed by atoms with Gasteiger partial charge in [0, 0.05) is 66.4 Å². The monoisotopic (exact) mass is 1080 g/mol. The topological polar surface area (TPSA) is 432 Å². The predicted molar refractivity (Wildman–Crippen MR) is 269 cm³/mol. The highest BCUT2D eigenvalue weighted by molar-refractivity contribution is 7.82. The lowest BCUT2D eigenvalue weighted by Gasteiger charge is -1.99. The van der Waals surface area contributed by atoms with Gasteiger partial charge in [0.25, 0.3) is 5.69 Å². The van der Waals surface area contributed by atoms with Crippen molar-refractivity contribution in [2.75, 3.05) is 0 Å². The molecule has 8 N–H and O–H groups in total. The average Bonchev–Trinajstić information content (AvgIpc) is 4.18. The number of thiocarbonyl (C=S) groups is 1. The summed E-state index contributed by atoms with van der Waals surface area (Å²) < 4.78 is 9.43. The van der Waals surface area contributed by atoms with Gasteiger partial charge in [-0.1, -0.05) is 88.3 Å². The molecule has 3 heterocycles. The van der Waals surface area contributed by atoms with Gasteiger partial charge in [0.1, 0.15) is 10.6 Å². The maximum absolute atomic E-state index is 11.0. The molecule has 0 radical (unpaired) electrons. The maximum atomic E-state index is 11.0. The highest BCUT2D eigenvalue weighted by atomic mass is 32.1. The average molecular weight is 1080 g/mol. The molecule has 0 saturated carbocycles. The number of carbonyl (C=O) groups excluding carboxylic acids is 5. The van der Waals surface area contributed by atoms with Crippen molar-refractivity contribution in [3.05, 3.63) is 136 Å². The van der Waals surface area contributed by atoms with E-state index in [1.54, 1.807) is 25.3 Å². The Hall–Kier alpha value is -9.59. The molecule has 5 rings (SSSR count). The van der Waals surface area contributed by atoms with Crippen molar-refractivity contribution in [2.45, 2.75) is 85.0 Å². The third-order valence-corrected chi connectivity index (χ3v) is 9.03. The SMILES string of the molecule is C=C(C)C(=O)O.CCCC(=O)C(=O)O.CCCCCCC(=O)C(=O)O.O=C(O)C(=O)Cc1c[nH]c2ccccc12.O=C(O)C(=O)Cc1ccccc1[N+](=O)[O-].O=C(O)C(=O)c1ccco1.O=C(O)C(=S)Cc1ccco1. The Balaban J connectivity index is 0. The van der Waals surface area contributed by atoms with E-state index in [9.17, 15) is 67.6 Å². The molecular weight excluding hydrogens is 1030 g/mol. The zero-order chi connectivity index (χ0) is 58.5. The van der Waals surface area contributed by atoms with E-state index < -0.39 is 82.0 Å². The lowest BCUT2D eigenvalue weighted by Crippen LogP contribution is -2.15. The Labute approximate surface area is 436 Å². The number of benzene rings is 2. The van der Waals surface area contributed by atoms with Crippen molar-refractivity contribution in [1.29, 1.82) is 0 Å². The molecule has 76 heavy (non-hydrogen) atoms. The van der Waals surface area contributed by atoms with E-state index in [1.807, 2.05) is 24.3 Å². The van der Waals surface area contributed by atoms with E-state index in [-0.39, 0.29) is 53.1 Å². The quantitative estimate of drug-likeness (QED) is 0.00681. The van der Waals surface area contributed by atoms with Gasteiger partial charge in [-0.25, -0.2) is 33.6 Å². The van der Waals surface area contributed by atoms with Crippen molar-refractivity contribution >= 4 is 104 Å². The second-order valence-electron chi connectivity index (χ2n) is 14.8. The molecule has 0 bridgehead atoms. The molecule has 0 amide bonds. The number of carboxylic acids is 7. The molecule has 25 nitrogen and oxygen atoms in total. The number of furan rings is 2. The first-order valence-corrected chi connectivity index (χ1v) is 22.3. The summed E-state index contributed by atoms with van der Waals surface area (Å²) in [5.74, 6) is -12.9. The van der Waals surface area contributed by atoms with E-state index >= 15 is 0 Å². The van der Waals surface area contributed by atoms with Gasteiger partial charge in [-0.3, -0.25) is 34.1 Å². The van der Waals surface area contributed by atoms with Gasteiger partial charge in [-0.05, 0) is 55.7 Å². The summed E-state index contributed by atoms with van der Waals surface area (Å²) in [6.07, 6.45) is 8.84. The first kappa shape index (κ1) is 68.5. The minimum atomic E-state index is -1.59. The minimum absolute atomic E-state index is 0.0278.